The Balaban J connectivity index is 1.69. The van der Waals surface area contributed by atoms with Gasteiger partial charge in [0.05, 0.1) is 35.6 Å². The quantitative estimate of drug-likeness (QED) is 0.185. The minimum atomic E-state index is 0.727. The number of benzene rings is 1. The van der Waals surface area contributed by atoms with Gasteiger partial charge in [0.1, 0.15) is 0 Å². The van der Waals surface area contributed by atoms with E-state index in [2.05, 4.69) is 61.0 Å². The molecule has 4 aromatic rings. The van der Waals surface area contributed by atoms with Crippen molar-refractivity contribution >= 4 is 11.4 Å². The Labute approximate surface area is 226 Å². The maximum absolute atomic E-state index is 5.56. The number of aryl methyl sites for hydroxylation is 2. The van der Waals surface area contributed by atoms with Gasteiger partial charge < -0.3 is 4.74 Å². The van der Waals surface area contributed by atoms with Crippen LogP contribution in [-0.4, -0.2) is 32.9 Å². The molecule has 0 saturated heterocycles. The lowest BCUT2D eigenvalue weighted by molar-refractivity contribution is 0.378. The van der Waals surface area contributed by atoms with E-state index in [1.807, 2.05) is 48.9 Å². The first-order chi connectivity index (χ1) is 18.5. The van der Waals surface area contributed by atoms with Crippen molar-refractivity contribution in [2.24, 2.45) is 10.2 Å². The van der Waals surface area contributed by atoms with Crippen molar-refractivity contribution in [3.8, 4) is 17.1 Å². The predicted octanol–water partition coefficient (Wildman–Crippen LogP) is 7.59. The number of ether oxygens (including phenoxy) is 1. The highest BCUT2D eigenvalue weighted by Crippen LogP contribution is 2.24. The molecule has 198 valence electrons. The fraction of sp³-hybridized carbons (Fsp3) is 0.344. The summed E-state index contributed by atoms with van der Waals surface area (Å²) in [5, 5.41) is 9.97. The molecule has 0 fully saturated rings. The van der Waals surface area contributed by atoms with Crippen molar-refractivity contribution in [3.63, 3.8) is 0 Å². The van der Waals surface area contributed by atoms with E-state index in [0.717, 1.165) is 84.2 Å². The van der Waals surface area contributed by atoms with Gasteiger partial charge in [0.25, 0.3) is 0 Å². The van der Waals surface area contributed by atoms with E-state index in [9.17, 15) is 0 Å². The van der Waals surface area contributed by atoms with Gasteiger partial charge in [-0.2, -0.15) is 10.2 Å². The van der Waals surface area contributed by atoms with E-state index in [-0.39, 0.29) is 0 Å². The highest BCUT2D eigenvalue weighted by Gasteiger charge is 2.13. The summed E-state index contributed by atoms with van der Waals surface area (Å²) >= 11 is 0. The molecule has 3 heterocycles. The van der Waals surface area contributed by atoms with Crippen LogP contribution < -0.4 is 4.74 Å². The van der Waals surface area contributed by atoms with Crippen LogP contribution in [0.2, 0.25) is 0 Å². The number of hydrogen-bond acceptors (Lipinski definition) is 4. The highest BCUT2D eigenvalue weighted by atomic mass is 16.5. The van der Waals surface area contributed by atoms with Gasteiger partial charge in [-0.3, -0.25) is 0 Å². The molecule has 0 saturated carbocycles. The molecular weight excluding hydrogens is 470 g/mol. The molecule has 0 aliphatic rings. The van der Waals surface area contributed by atoms with Gasteiger partial charge in [0.2, 0.25) is 5.88 Å². The first-order valence-corrected chi connectivity index (χ1v) is 13.6. The van der Waals surface area contributed by atoms with Gasteiger partial charge in [-0.05, 0) is 69.9 Å². The van der Waals surface area contributed by atoms with Crippen LogP contribution in [0.1, 0.15) is 76.2 Å². The smallest absolute Gasteiger partial charge is 0.214 e. The number of aromatic nitrogens is 3. The summed E-state index contributed by atoms with van der Waals surface area (Å²) in [4.78, 5) is 4.95. The van der Waals surface area contributed by atoms with Gasteiger partial charge in [-0.15, -0.1) is 0 Å². The molecule has 6 heteroatoms. The predicted molar refractivity (Wildman–Crippen MR) is 158 cm³/mol. The average Bonchev–Trinajstić information content (AvgIpc) is 3.54. The van der Waals surface area contributed by atoms with Crippen molar-refractivity contribution in [1.29, 1.82) is 0 Å². The molecule has 4 rings (SSSR count). The van der Waals surface area contributed by atoms with Gasteiger partial charge >= 0.3 is 0 Å². The number of nitrogens with zero attached hydrogens (tertiary/aromatic N) is 5. The number of hydrogen-bond donors (Lipinski definition) is 0. The fourth-order valence-corrected chi connectivity index (χ4v) is 4.47. The summed E-state index contributed by atoms with van der Waals surface area (Å²) < 4.78 is 9.54. The molecule has 1 aromatic carbocycles. The van der Waals surface area contributed by atoms with Crippen molar-refractivity contribution in [2.45, 2.75) is 66.2 Å². The molecule has 0 N–H and O–H groups in total. The van der Waals surface area contributed by atoms with Crippen LogP contribution in [0.15, 0.2) is 83.0 Å². The maximum atomic E-state index is 5.56. The lowest BCUT2D eigenvalue weighted by Crippen LogP contribution is -2.10. The summed E-state index contributed by atoms with van der Waals surface area (Å²) in [7, 11) is 1.68. The molecular formula is C32H39N5O. The fourth-order valence-electron chi connectivity index (χ4n) is 4.47. The van der Waals surface area contributed by atoms with E-state index >= 15 is 0 Å². The van der Waals surface area contributed by atoms with Crippen molar-refractivity contribution in [3.05, 3.63) is 95.6 Å². The first-order valence-electron chi connectivity index (χ1n) is 13.6. The van der Waals surface area contributed by atoms with Crippen LogP contribution in [-0.2, 0) is 12.8 Å². The third-order valence-corrected chi connectivity index (χ3v) is 6.68. The minimum absolute atomic E-state index is 0.727. The van der Waals surface area contributed by atoms with Gasteiger partial charge in [0.15, 0.2) is 0 Å². The second-order valence-electron chi connectivity index (χ2n) is 9.55. The topological polar surface area (TPSA) is 56.7 Å². The summed E-state index contributed by atoms with van der Waals surface area (Å²) in [5.41, 5.74) is 7.90. The van der Waals surface area contributed by atoms with Gasteiger partial charge in [-0.1, -0.05) is 63.1 Å². The number of unbranched alkanes of at least 4 members (excludes halogenated alkanes) is 2. The number of rotatable bonds is 12. The normalized spacial score (nSPS) is 12.2. The van der Waals surface area contributed by atoms with Crippen molar-refractivity contribution in [1.82, 2.24) is 14.3 Å². The Morgan fingerprint density at radius 3 is 1.89 bits per heavy atom. The maximum Gasteiger partial charge on any atom is 0.214 e. The van der Waals surface area contributed by atoms with E-state index in [1.165, 1.54) is 5.69 Å². The number of methoxy groups -OCH3 is 1. The van der Waals surface area contributed by atoms with Crippen LogP contribution in [0.3, 0.4) is 0 Å². The van der Waals surface area contributed by atoms with Crippen LogP contribution in [0, 0.1) is 0 Å². The second kappa shape index (κ2) is 13.0. The summed E-state index contributed by atoms with van der Waals surface area (Å²) in [5.74, 6) is 0.727. The van der Waals surface area contributed by atoms with Crippen LogP contribution >= 0.6 is 0 Å². The highest BCUT2D eigenvalue weighted by molar-refractivity contribution is 6.00. The molecule has 0 atom stereocenters. The zero-order chi connectivity index (χ0) is 26.9. The Hall–Kier alpha value is -3.93. The minimum Gasteiger partial charge on any atom is -0.481 e. The lowest BCUT2D eigenvalue weighted by Gasteiger charge is -2.11. The molecule has 0 radical (unpaired) electrons. The third-order valence-electron chi connectivity index (χ3n) is 6.68. The summed E-state index contributed by atoms with van der Waals surface area (Å²) in [6, 6.07) is 24.9. The first kappa shape index (κ1) is 27.1. The van der Waals surface area contributed by atoms with Crippen LogP contribution in [0.4, 0.5) is 0 Å². The Kier molecular flexibility index (Phi) is 9.30. The zero-order valence-corrected chi connectivity index (χ0v) is 23.3. The van der Waals surface area contributed by atoms with E-state index in [4.69, 9.17) is 19.9 Å². The van der Waals surface area contributed by atoms with E-state index in [1.54, 1.807) is 7.11 Å². The standard InChI is InChI=1S/C32H39N5O/c1-6-8-16-27-20-22-31(26-14-11-10-12-15-26)36(27)34-24(3)29-18-13-19-30(33-29)25(4)35-37-28(17-9-7-2)21-23-32(37)38-5/h10-15,18-23H,6-9,16-17H2,1-5H3/b34-24+,35-25+. The van der Waals surface area contributed by atoms with Gasteiger partial charge in [-0.25, -0.2) is 14.3 Å². The molecule has 0 aliphatic carbocycles. The number of pyridine rings is 1. The SMILES string of the molecule is CCCCc1ccc(OC)n1/N=C(\C)c1cccc(/C(C)=N/n2c(CCCC)ccc2-c2ccccc2)n1. The van der Waals surface area contributed by atoms with Crippen LogP contribution in [0.5, 0.6) is 5.88 Å². The molecule has 0 spiro atoms. The van der Waals surface area contributed by atoms with E-state index in [0.29, 0.717) is 0 Å². The molecule has 3 aromatic heterocycles. The molecule has 38 heavy (non-hydrogen) atoms. The van der Waals surface area contributed by atoms with E-state index < -0.39 is 0 Å². The summed E-state index contributed by atoms with van der Waals surface area (Å²) in [6.45, 7) is 8.43. The van der Waals surface area contributed by atoms with Crippen molar-refractivity contribution < 1.29 is 4.74 Å². The molecule has 0 bridgehead atoms. The Morgan fingerprint density at radius 2 is 1.29 bits per heavy atom. The third kappa shape index (κ3) is 6.31. The lowest BCUT2D eigenvalue weighted by atomic mass is 10.2. The molecule has 6 nitrogen and oxygen atoms in total. The van der Waals surface area contributed by atoms with Gasteiger partial charge in [0, 0.05) is 23.0 Å². The Bertz CT molecular complexity index is 1390. The van der Waals surface area contributed by atoms with Crippen molar-refractivity contribution in [2.75, 3.05) is 7.11 Å². The summed E-state index contributed by atoms with van der Waals surface area (Å²) in [6.07, 6.45) is 6.44. The largest absolute Gasteiger partial charge is 0.481 e. The molecule has 0 amide bonds. The molecule has 0 unspecified atom stereocenters. The van der Waals surface area contributed by atoms with Crippen LogP contribution in [0.25, 0.3) is 11.3 Å². The molecule has 0 aliphatic heterocycles. The monoisotopic (exact) mass is 509 g/mol. The average molecular weight is 510 g/mol. The Morgan fingerprint density at radius 1 is 0.711 bits per heavy atom. The second-order valence-corrected chi connectivity index (χ2v) is 9.55. The zero-order valence-electron chi connectivity index (χ0n) is 23.3.